The standard InChI is InChI=1S/C22H22ClFN4O5S/c23-18-6-5-17(34-18)22(32)25-10-16(27-20(30)12-1-2-12)21(31)26-15-4-3-13(9-14(15)24)28-7-8-33-11-19(28)29/h3-6,9,12,16H,1-2,7-8,10-11H2,(H,25,32)(H,26,31)(H,27,30)/t16-/m0/s1. The summed E-state index contributed by atoms with van der Waals surface area (Å²) < 4.78 is 20.3. The average Bonchev–Trinajstić information content (AvgIpc) is 3.58. The summed E-state index contributed by atoms with van der Waals surface area (Å²) in [6.45, 7) is 0.374. The van der Waals surface area contributed by atoms with E-state index >= 15 is 0 Å². The van der Waals surface area contributed by atoms with Crippen molar-refractivity contribution in [3.63, 3.8) is 0 Å². The van der Waals surface area contributed by atoms with Gasteiger partial charge in [-0.05, 0) is 43.2 Å². The van der Waals surface area contributed by atoms with Crippen LogP contribution in [0, 0.1) is 11.7 Å². The number of ether oxygens (including phenoxy) is 1. The van der Waals surface area contributed by atoms with Crippen molar-refractivity contribution in [2.45, 2.75) is 18.9 Å². The number of anilines is 2. The monoisotopic (exact) mass is 508 g/mol. The van der Waals surface area contributed by atoms with Gasteiger partial charge in [0.1, 0.15) is 18.5 Å². The van der Waals surface area contributed by atoms with Crippen molar-refractivity contribution in [1.29, 1.82) is 0 Å². The number of carbonyl (C=O) groups excluding carboxylic acids is 4. The molecule has 2 aromatic rings. The largest absolute Gasteiger partial charge is 0.370 e. The summed E-state index contributed by atoms with van der Waals surface area (Å²) in [5, 5.41) is 7.68. The lowest BCUT2D eigenvalue weighted by atomic mass is 10.2. The molecule has 3 N–H and O–H groups in total. The van der Waals surface area contributed by atoms with Crippen LogP contribution in [0.2, 0.25) is 4.34 Å². The molecule has 1 atom stereocenters. The first-order chi connectivity index (χ1) is 16.3. The number of morpholine rings is 1. The van der Waals surface area contributed by atoms with Crippen LogP contribution in [-0.4, -0.2) is 56.0 Å². The van der Waals surface area contributed by atoms with Crippen molar-refractivity contribution < 1.29 is 28.3 Å². The number of nitrogens with one attached hydrogen (secondary N) is 3. The minimum absolute atomic E-state index is 0.0775. The van der Waals surface area contributed by atoms with Crippen LogP contribution in [0.3, 0.4) is 0 Å². The number of nitrogens with zero attached hydrogens (tertiary/aromatic N) is 1. The lowest BCUT2D eigenvalue weighted by Gasteiger charge is -2.27. The SMILES string of the molecule is O=C(NC[C@H](NC(=O)C1CC1)C(=O)Nc1ccc(N2CCOCC2=O)cc1F)c1ccc(Cl)s1. The van der Waals surface area contributed by atoms with Crippen LogP contribution >= 0.6 is 22.9 Å². The summed E-state index contributed by atoms with van der Waals surface area (Å²) in [6.07, 6.45) is 1.47. The summed E-state index contributed by atoms with van der Waals surface area (Å²) in [5.41, 5.74) is 0.237. The van der Waals surface area contributed by atoms with E-state index in [2.05, 4.69) is 16.0 Å². The molecule has 1 aromatic carbocycles. The van der Waals surface area contributed by atoms with E-state index in [-0.39, 0.29) is 36.6 Å². The Kier molecular flexibility index (Phi) is 7.44. The van der Waals surface area contributed by atoms with Crippen molar-refractivity contribution in [3.05, 3.63) is 45.4 Å². The molecule has 2 fully saturated rings. The predicted octanol–water partition coefficient (Wildman–Crippen LogP) is 2.17. The lowest BCUT2D eigenvalue weighted by molar-refractivity contribution is -0.127. The third-order valence-corrected chi connectivity index (χ3v) is 6.58. The van der Waals surface area contributed by atoms with Crippen LogP contribution in [0.5, 0.6) is 0 Å². The van der Waals surface area contributed by atoms with Gasteiger partial charge in [0.15, 0.2) is 0 Å². The van der Waals surface area contributed by atoms with E-state index in [1.165, 1.54) is 17.0 Å². The van der Waals surface area contributed by atoms with Crippen molar-refractivity contribution in [2.24, 2.45) is 5.92 Å². The molecule has 1 saturated heterocycles. The van der Waals surface area contributed by atoms with Crippen molar-refractivity contribution in [3.8, 4) is 0 Å². The second-order valence-electron chi connectivity index (χ2n) is 7.90. The minimum Gasteiger partial charge on any atom is -0.370 e. The van der Waals surface area contributed by atoms with Gasteiger partial charge in [-0.15, -0.1) is 11.3 Å². The summed E-state index contributed by atoms with van der Waals surface area (Å²) >= 11 is 6.94. The normalized spacial score (nSPS) is 16.6. The van der Waals surface area contributed by atoms with Gasteiger partial charge in [-0.3, -0.25) is 19.2 Å². The van der Waals surface area contributed by atoms with Crippen LogP contribution in [0.25, 0.3) is 0 Å². The molecule has 4 amide bonds. The molecule has 2 heterocycles. The van der Waals surface area contributed by atoms with E-state index in [1.807, 2.05) is 0 Å². The molecule has 0 bridgehead atoms. The fraction of sp³-hybridized carbons (Fsp3) is 0.364. The fourth-order valence-corrected chi connectivity index (χ4v) is 4.31. The molecule has 1 aliphatic carbocycles. The molecular formula is C22H22ClFN4O5S. The van der Waals surface area contributed by atoms with E-state index in [9.17, 15) is 23.6 Å². The summed E-state index contributed by atoms with van der Waals surface area (Å²) in [7, 11) is 0. The second kappa shape index (κ2) is 10.5. The Morgan fingerprint density at radius 1 is 1.24 bits per heavy atom. The quantitative estimate of drug-likeness (QED) is 0.505. The molecule has 0 spiro atoms. The third kappa shape index (κ3) is 5.91. The number of halogens is 2. The Labute approximate surface area is 203 Å². The third-order valence-electron chi connectivity index (χ3n) is 5.35. The van der Waals surface area contributed by atoms with Gasteiger partial charge in [-0.25, -0.2) is 4.39 Å². The van der Waals surface area contributed by atoms with Crippen LogP contribution in [0.1, 0.15) is 22.5 Å². The van der Waals surface area contributed by atoms with Gasteiger partial charge in [0.05, 0.1) is 21.5 Å². The fourth-order valence-electron chi connectivity index (χ4n) is 3.35. The Morgan fingerprint density at radius 3 is 2.68 bits per heavy atom. The number of benzene rings is 1. The number of hydrogen-bond acceptors (Lipinski definition) is 6. The van der Waals surface area contributed by atoms with Gasteiger partial charge in [0.25, 0.3) is 11.8 Å². The first kappa shape index (κ1) is 24.1. The smallest absolute Gasteiger partial charge is 0.261 e. The maximum absolute atomic E-state index is 14.7. The zero-order valence-corrected chi connectivity index (χ0v) is 19.5. The maximum atomic E-state index is 14.7. The Balaban J connectivity index is 1.43. The highest BCUT2D eigenvalue weighted by Crippen LogP contribution is 2.29. The topological polar surface area (TPSA) is 117 Å². The average molecular weight is 509 g/mol. The van der Waals surface area contributed by atoms with E-state index in [4.69, 9.17) is 16.3 Å². The molecule has 1 aliphatic heterocycles. The van der Waals surface area contributed by atoms with Gasteiger partial charge >= 0.3 is 0 Å². The van der Waals surface area contributed by atoms with E-state index in [1.54, 1.807) is 12.1 Å². The molecule has 0 radical (unpaired) electrons. The van der Waals surface area contributed by atoms with E-state index in [0.29, 0.717) is 28.1 Å². The molecule has 180 valence electrons. The van der Waals surface area contributed by atoms with Crippen molar-refractivity contribution in [2.75, 3.05) is 36.5 Å². The molecule has 9 nitrogen and oxygen atoms in total. The molecule has 1 aromatic heterocycles. The minimum atomic E-state index is -1.12. The van der Waals surface area contributed by atoms with Crippen molar-refractivity contribution in [1.82, 2.24) is 10.6 Å². The van der Waals surface area contributed by atoms with Crippen LogP contribution in [-0.2, 0) is 19.1 Å². The number of carbonyl (C=O) groups is 4. The predicted molar refractivity (Wildman–Crippen MR) is 125 cm³/mol. The number of amides is 4. The summed E-state index contributed by atoms with van der Waals surface area (Å²) in [4.78, 5) is 51.2. The van der Waals surface area contributed by atoms with E-state index < -0.39 is 23.7 Å². The van der Waals surface area contributed by atoms with Crippen LogP contribution < -0.4 is 20.9 Å². The van der Waals surface area contributed by atoms with Gasteiger partial charge in [0.2, 0.25) is 11.8 Å². The zero-order chi connectivity index (χ0) is 24.2. The highest BCUT2D eigenvalue weighted by molar-refractivity contribution is 7.18. The molecule has 34 heavy (non-hydrogen) atoms. The Hall–Kier alpha value is -3.02. The number of hydrogen-bond donors (Lipinski definition) is 3. The Morgan fingerprint density at radius 2 is 2.03 bits per heavy atom. The molecule has 0 unspecified atom stereocenters. The highest BCUT2D eigenvalue weighted by Gasteiger charge is 2.33. The number of thiophene rings is 1. The van der Waals surface area contributed by atoms with Crippen LogP contribution in [0.15, 0.2) is 30.3 Å². The second-order valence-corrected chi connectivity index (χ2v) is 9.62. The molecule has 4 rings (SSSR count). The first-order valence-corrected chi connectivity index (χ1v) is 11.8. The summed E-state index contributed by atoms with van der Waals surface area (Å²) in [6, 6.07) is 6.03. The van der Waals surface area contributed by atoms with Gasteiger partial charge in [-0.1, -0.05) is 11.6 Å². The van der Waals surface area contributed by atoms with Crippen LogP contribution in [0.4, 0.5) is 15.8 Å². The van der Waals surface area contributed by atoms with Crippen molar-refractivity contribution >= 4 is 57.9 Å². The maximum Gasteiger partial charge on any atom is 0.261 e. The lowest BCUT2D eigenvalue weighted by Crippen LogP contribution is -2.51. The molecular weight excluding hydrogens is 487 g/mol. The molecule has 2 aliphatic rings. The van der Waals surface area contributed by atoms with Gasteiger partial charge in [0, 0.05) is 24.7 Å². The van der Waals surface area contributed by atoms with E-state index in [0.717, 1.165) is 30.2 Å². The zero-order valence-electron chi connectivity index (χ0n) is 17.9. The van der Waals surface area contributed by atoms with Gasteiger partial charge < -0.3 is 25.6 Å². The molecule has 1 saturated carbocycles. The Bertz CT molecular complexity index is 1120. The molecule has 12 heteroatoms. The van der Waals surface area contributed by atoms with Gasteiger partial charge in [-0.2, -0.15) is 0 Å². The highest BCUT2D eigenvalue weighted by atomic mass is 35.5. The first-order valence-electron chi connectivity index (χ1n) is 10.6. The number of rotatable bonds is 8. The summed E-state index contributed by atoms with van der Waals surface area (Å²) in [5.74, 6) is -2.61.